The van der Waals surface area contributed by atoms with E-state index in [2.05, 4.69) is 10.3 Å². The van der Waals surface area contributed by atoms with E-state index in [4.69, 9.17) is 23.2 Å². The molecule has 1 atom stereocenters. The molecule has 2 aromatic rings. The molecule has 1 N–H and O–H groups in total. The van der Waals surface area contributed by atoms with E-state index in [9.17, 15) is 9.59 Å². The van der Waals surface area contributed by atoms with Gasteiger partial charge in [-0.25, -0.2) is 4.98 Å². The molecule has 0 bridgehead atoms. The number of carbonyl (C=O) groups is 2. The minimum Gasteiger partial charge on any atom is -0.310 e. The van der Waals surface area contributed by atoms with Gasteiger partial charge in [-0.3, -0.25) is 9.59 Å². The summed E-state index contributed by atoms with van der Waals surface area (Å²) in [7, 11) is 0. The van der Waals surface area contributed by atoms with Gasteiger partial charge in [-0.15, -0.1) is 11.3 Å². The van der Waals surface area contributed by atoms with Gasteiger partial charge in [0.1, 0.15) is 0 Å². The highest BCUT2D eigenvalue weighted by atomic mass is 35.5. The predicted molar refractivity (Wildman–Crippen MR) is 92.4 cm³/mol. The van der Waals surface area contributed by atoms with Gasteiger partial charge in [0.05, 0.1) is 21.7 Å². The zero-order valence-electron chi connectivity index (χ0n) is 12.2. The maximum Gasteiger partial charge on any atom is 0.231 e. The number of anilines is 2. The van der Waals surface area contributed by atoms with Crippen molar-refractivity contribution in [3.8, 4) is 0 Å². The van der Waals surface area contributed by atoms with Gasteiger partial charge in [0.15, 0.2) is 5.13 Å². The molecule has 1 aliphatic rings. The third-order valence-electron chi connectivity index (χ3n) is 3.57. The molecule has 2 amide bonds. The van der Waals surface area contributed by atoms with E-state index in [0.29, 0.717) is 20.9 Å². The minimum absolute atomic E-state index is 0.138. The largest absolute Gasteiger partial charge is 0.310 e. The van der Waals surface area contributed by atoms with Crippen molar-refractivity contribution >= 4 is 57.2 Å². The van der Waals surface area contributed by atoms with Crippen LogP contribution in [0.5, 0.6) is 0 Å². The molecular formula is C15H13Cl2N3O2S. The first-order chi connectivity index (χ1) is 11.0. The maximum absolute atomic E-state index is 12.3. The number of hydrogen-bond acceptors (Lipinski definition) is 4. The Morgan fingerprint density at radius 2 is 2.22 bits per heavy atom. The van der Waals surface area contributed by atoms with Crippen LogP contribution in [-0.2, 0) is 9.59 Å². The molecule has 8 heteroatoms. The number of thiazole rings is 1. The van der Waals surface area contributed by atoms with Crippen LogP contribution in [0.3, 0.4) is 0 Å². The standard InChI is InChI=1S/C15H13Cl2N3O2S/c1-8-6-18-15(23-8)19-14(22)9-5-12(21)20(7-9)11-4-2-3-10(16)13(11)17/h2-4,6,9H,5,7H2,1H3,(H,18,19,22). The van der Waals surface area contributed by atoms with Crippen LogP contribution in [0.2, 0.25) is 10.0 Å². The van der Waals surface area contributed by atoms with Crippen molar-refractivity contribution in [2.45, 2.75) is 13.3 Å². The molecule has 0 radical (unpaired) electrons. The Kier molecular flexibility index (Phi) is 4.57. The van der Waals surface area contributed by atoms with Crippen molar-refractivity contribution in [2.24, 2.45) is 5.92 Å². The summed E-state index contributed by atoms with van der Waals surface area (Å²) in [6.07, 6.45) is 1.83. The molecule has 1 aromatic carbocycles. The van der Waals surface area contributed by atoms with Crippen LogP contribution in [0.15, 0.2) is 24.4 Å². The van der Waals surface area contributed by atoms with E-state index < -0.39 is 5.92 Å². The van der Waals surface area contributed by atoms with Crippen molar-refractivity contribution in [3.05, 3.63) is 39.3 Å². The van der Waals surface area contributed by atoms with E-state index in [0.717, 1.165) is 4.88 Å². The lowest BCUT2D eigenvalue weighted by Crippen LogP contribution is -2.28. The van der Waals surface area contributed by atoms with Gasteiger partial charge >= 0.3 is 0 Å². The number of carbonyl (C=O) groups excluding carboxylic acids is 2. The second-order valence-electron chi connectivity index (χ2n) is 5.24. The third-order valence-corrected chi connectivity index (χ3v) is 5.21. The second kappa shape index (κ2) is 6.47. The number of nitrogens with one attached hydrogen (secondary N) is 1. The van der Waals surface area contributed by atoms with Gasteiger partial charge in [-0.1, -0.05) is 29.3 Å². The van der Waals surface area contributed by atoms with Gasteiger partial charge in [-0.2, -0.15) is 0 Å². The van der Waals surface area contributed by atoms with Gasteiger partial charge in [0.2, 0.25) is 11.8 Å². The molecule has 1 aliphatic heterocycles. The molecule has 120 valence electrons. The Morgan fingerprint density at radius 3 is 2.91 bits per heavy atom. The smallest absolute Gasteiger partial charge is 0.231 e. The topological polar surface area (TPSA) is 62.3 Å². The summed E-state index contributed by atoms with van der Waals surface area (Å²) in [5, 5.41) is 3.99. The zero-order chi connectivity index (χ0) is 16.6. The van der Waals surface area contributed by atoms with Crippen molar-refractivity contribution in [3.63, 3.8) is 0 Å². The van der Waals surface area contributed by atoms with Crippen molar-refractivity contribution in [1.29, 1.82) is 0 Å². The molecule has 1 saturated heterocycles. The molecular weight excluding hydrogens is 357 g/mol. The number of aryl methyl sites for hydroxylation is 1. The number of amides is 2. The molecule has 3 rings (SSSR count). The second-order valence-corrected chi connectivity index (χ2v) is 7.26. The Bertz CT molecular complexity index is 778. The first kappa shape index (κ1) is 16.2. The van der Waals surface area contributed by atoms with Crippen LogP contribution in [0.4, 0.5) is 10.8 Å². The first-order valence-corrected chi connectivity index (χ1v) is 8.50. The van der Waals surface area contributed by atoms with Crippen molar-refractivity contribution < 1.29 is 9.59 Å². The fourth-order valence-corrected chi connectivity index (χ4v) is 3.50. The summed E-state index contributed by atoms with van der Waals surface area (Å²) in [5.74, 6) is -0.806. The Hall–Kier alpha value is -1.63. The highest BCUT2D eigenvalue weighted by Gasteiger charge is 2.36. The normalized spacial score (nSPS) is 17.6. The first-order valence-electron chi connectivity index (χ1n) is 6.93. The molecule has 1 fully saturated rings. The lowest BCUT2D eigenvalue weighted by atomic mass is 10.1. The highest BCUT2D eigenvalue weighted by Crippen LogP contribution is 2.36. The highest BCUT2D eigenvalue weighted by molar-refractivity contribution is 7.15. The number of benzene rings is 1. The van der Waals surface area contributed by atoms with Crippen LogP contribution in [0.1, 0.15) is 11.3 Å². The Morgan fingerprint density at radius 1 is 1.43 bits per heavy atom. The van der Waals surface area contributed by atoms with Gasteiger partial charge < -0.3 is 10.2 Å². The average molecular weight is 370 g/mol. The minimum atomic E-state index is -0.443. The fourth-order valence-electron chi connectivity index (χ4n) is 2.44. The van der Waals surface area contributed by atoms with Crippen LogP contribution in [0.25, 0.3) is 0 Å². The number of hydrogen-bond donors (Lipinski definition) is 1. The summed E-state index contributed by atoms with van der Waals surface area (Å²) in [5.41, 5.74) is 0.532. The van der Waals surface area contributed by atoms with E-state index in [1.165, 1.54) is 16.2 Å². The van der Waals surface area contributed by atoms with E-state index in [1.54, 1.807) is 24.4 Å². The molecule has 1 unspecified atom stereocenters. The molecule has 5 nitrogen and oxygen atoms in total. The van der Waals surface area contributed by atoms with Gasteiger partial charge in [-0.05, 0) is 19.1 Å². The summed E-state index contributed by atoms with van der Waals surface area (Å²) >= 11 is 13.6. The molecule has 1 aromatic heterocycles. The molecule has 0 saturated carbocycles. The Labute approximate surface area is 147 Å². The number of halogens is 2. The molecule has 0 aliphatic carbocycles. The predicted octanol–water partition coefficient (Wildman–Crippen LogP) is 3.75. The summed E-state index contributed by atoms with van der Waals surface area (Å²) in [6.45, 7) is 2.18. The van der Waals surface area contributed by atoms with Crippen LogP contribution in [0, 0.1) is 12.8 Å². The van der Waals surface area contributed by atoms with Gasteiger partial charge in [0.25, 0.3) is 0 Å². The van der Waals surface area contributed by atoms with Crippen LogP contribution in [-0.4, -0.2) is 23.3 Å². The average Bonchev–Trinajstić information content (AvgIpc) is 3.08. The number of aromatic nitrogens is 1. The van der Waals surface area contributed by atoms with Crippen molar-refractivity contribution in [2.75, 3.05) is 16.8 Å². The van der Waals surface area contributed by atoms with Crippen LogP contribution >= 0.6 is 34.5 Å². The number of nitrogens with zero attached hydrogens (tertiary/aromatic N) is 2. The zero-order valence-corrected chi connectivity index (χ0v) is 14.5. The van der Waals surface area contributed by atoms with E-state index in [1.807, 2.05) is 6.92 Å². The molecule has 0 spiro atoms. The summed E-state index contributed by atoms with van der Waals surface area (Å²) < 4.78 is 0. The van der Waals surface area contributed by atoms with Crippen molar-refractivity contribution in [1.82, 2.24) is 4.98 Å². The van der Waals surface area contributed by atoms with Gasteiger partial charge in [0, 0.05) is 24.0 Å². The summed E-state index contributed by atoms with van der Waals surface area (Å²) in [4.78, 5) is 31.2. The third kappa shape index (κ3) is 3.34. The van der Waals surface area contributed by atoms with E-state index in [-0.39, 0.29) is 24.8 Å². The lowest BCUT2D eigenvalue weighted by Gasteiger charge is -2.18. The number of rotatable bonds is 3. The van der Waals surface area contributed by atoms with E-state index >= 15 is 0 Å². The fraction of sp³-hybridized carbons (Fsp3) is 0.267. The molecule has 23 heavy (non-hydrogen) atoms. The monoisotopic (exact) mass is 369 g/mol. The van der Waals surface area contributed by atoms with Crippen LogP contribution < -0.4 is 10.2 Å². The molecule has 2 heterocycles. The maximum atomic E-state index is 12.3. The SMILES string of the molecule is Cc1cnc(NC(=O)C2CC(=O)N(c3cccc(Cl)c3Cl)C2)s1. The summed E-state index contributed by atoms with van der Waals surface area (Å²) in [6, 6.07) is 5.10. The quantitative estimate of drug-likeness (QED) is 0.895. The Balaban J connectivity index is 1.74. The lowest BCUT2D eigenvalue weighted by molar-refractivity contribution is -0.122.